The van der Waals surface area contributed by atoms with Crippen molar-refractivity contribution in [3.8, 4) is 0 Å². The van der Waals surface area contributed by atoms with E-state index in [4.69, 9.17) is 0 Å². The fraction of sp³-hybridized carbons (Fsp3) is 0.333. The first-order valence-corrected chi connectivity index (χ1v) is 3.71. The third kappa shape index (κ3) is 0.703. The van der Waals surface area contributed by atoms with E-state index in [1.807, 2.05) is 0 Å². The minimum Gasteiger partial charge on any atom is -0.345 e. The molecule has 0 saturated heterocycles. The average molecular weight is 133 g/mol. The predicted molar refractivity (Wildman–Crippen MR) is 42.3 cm³/mol. The number of hydrogen-bond acceptors (Lipinski definition) is 1. The standard InChI is InChI=1S/C9H11N/c1-8-5-6-9-4-2-3-7-10(8)9/h2-4,6-8H,5H2,1H3. The molecule has 0 fully saturated rings. The fourth-order valence-corrected chi connectivity index (χ4v) is 1.45. The molecule has 1 heteroatoms. The van der Waals surface area contributed by atoms with Crippen LogP contribution in [0.2, 0.25) is 0 Å². The van der Waals surface area contributed by atoms with Crippen LogP contribution >= 0.6 is 0 Å². The zero-order valence-corrected chi connectivity index (χ0v) is 6.12. The maximum atomic E-state index is 2.31. The minimum absolute atomic E-state index is 0.663. The Bertz CT molecular complexity index is 223. The van der Waals surface area contributed by atoms with Crippen LogP contribution in [0, 0.1) is 0 Å². The molecule has 2 heterocycles. The molecule has 2 aliphatic rings. The summed E-state index contributed by atoms with van der Waals surface area (Å²) in [4.78, 5) is 2.31. The first-order chi connectivity index (χ1) is 4.88. The molecule has 0 N–H and O–H groups in total. The van der Waals surface area contributed by atoms with Crippen molar-refractivity contribution in [2.75, 3.05) is 0 Å². The van der Waals surface area contributed by atoms with Gasteiger partial charge >= 0.3 is 0 Å². The van der Waals surface area contributed by atoms with Crippen molar-refractivity contribution in [2.45, 2.75) is 19.4 Å². The van der Waals surface area contributed by atoms with E-state index >= 15 is 0 Å². The van der Waals surface area contributed by atoms with Gasteiger partial charge in [0.05, 0.1) is 0 Å². The summed E-state index contributed by atoms with van der Waals surface area (Å²) in [6, 6.07) is 0.663. The highest BCUT2D eigenvalue weighted by Crippen LogP contribution is 2.24. The van der Waals surface area contributed by atoms with Crippen molar-refractivity contribution < 1.29 is 0 Å². The molecule has 0 bridgehead atoms. The molecule has 0 amide bonds. The zero-order chi connectivity index (χ0) is 6.97. The summed E-state index contributed by atoms with van der Waals surface area (Å²) in [6.07, 6.45) is 11.9. The van der Waals surface area contributed by atoms with E-state index in [9.17, 15) is 0 Å². The summed E-state index contributed by atoms with van der Waals surface area (Å²) in [5, 5.41) is 0. The van der Waals surface area contributed by atoms with E-state index in [2.05, 4.69) is 42.3 Å². The van der Waals surface area contributed by atoms with Crippen molar-refractivity contribution >= 4 is 0 Å². The van der Waals surface area contributed by atoms with Gasteiger partial charge in [0, 0.05) is 17.9 Å². The first kappa shape index (κ1) is 5.78. The summed E-state index contributed by atoms with van der Waals surface area (Å²) in [5.74, 6) is 0. The highest BCUT2D eigenvalue weighted by molar-refractivity contribution is 5.31. The average Bonchev–Trinajstić information content (AvgIpc) is 2.34. The summed E-state index contributed by atoms with van der Waals surface area (Å²) >= 11 is 0. The minimum atomic E-state index is 0.663. The first-order valence-electron chi connectivity index (χ1n) is 3.71. The number of allylic oxidation sites excluding steroid dienone is 3. The molecule has 10 heavy (non-hydrogen) atoms. The second kappa shape index (κ2) is 2.01. The van der Waals surface area contributed by atoms with Crippen LogP contribution in [-0.4, -0.2) is 10.9 Å². The van der Waals surface area contributed by atoms with E-state index in [0.29, 0.717) is 6.04 Å². The molecule has 0 spiro atoms. The van der Waals surface area contributed by atoms with Crippen molar-refractivity contribution in [1.82, 2.24) is 4.90 Å². The molecule has 52 valence electrons. The van der Waals surface area contributed by atoms with E-state index < -0.39 is 0 Å². The Labute approximate surface area is 61.3 Å². The summed E-state index contributed by atoms with van der Waals surface area (Å²) in [5.41, 5.74) is 1.36. The van der Waals surface area contributed by atoms with Gasteiger partial charge in [0.15, 0.2) is 0 Å². The molecule has 0 aromatic carbocycles. The molecule has 0 aromatic heterocycles. The van der Waals surface area contributed by atoms with Gasteiger partial charge in [-0.25, -0.2) is 0 Å². The lowest BCUT2D eigenvalue weighted by atomic mass is 10.3. The molecule has 0 saturated carbocycles. The quantitative estimate of drug-likeness (QED) is 0.489. The summed E-state index contributed by atoms with van der Waals surface area (Å²) in [6.45, 7) is 2.24. The lowest BCUT2D eigenvalue weighted by Gasteiger charge is -2.23. The lowest BCUT2D eigenvalue weighted by Crippen LogP contribution is -2.21. The van der Waals surface area contributed by atoms with Crippen LogP contribution in [0.4, 0.5) is 0 Å². The Morgan fingerprint density at radius 1 is 1.50 bits per heavy atom. The summed E-state index contributed by atoms with van der Waals surface area (Å²) < 4.78 is 0. The van der Waals surface area contributed by atoms with Crippen molar-refractivity contribution in [3.05, 3.63) is 36.2 Å². The van der Waals surface area contributed by atoms with Gasteiger partial charge in [-0.15, -0.1) is 0 Å². The van der Waals surface area contributed by atoms with Crippen LogP contribution < -0.4 is 0 Å². The van der Waals surface area contributed by atoms with Crippen molar-refractivity contribution in [3.63, 3.8) is 0 Å². The molecular formula is C9H11N. The van der Waals surface area contributed by atoms with Gasteiger partial charge in [-0.1, -0.05) is 12.2 Å². The number of hydrogen-bond donors (Lipinski definition) is 0. The molecular weight excluding hydrogens is 122 g/mol. The molecule has 2 rings (SSSR count). The molecule has 1 nitrogen and oxygen atoms in total. The molecule has 1 unspecified atom stereocenters. The molecule has 0 aliphatic carbocycles. The van der Waals surface area contributed by atoms with E-state index in [1.165, 1.54) is 12.1 Å². The molecule has 1 atom stereocenters. The van der Waals surface area contributed by atoms with Crippen LogP contribution in [0.15, 0.2) is 36.2 Å². The number of rotatable bonds is 0. The maximum Gasteiger partial charge on any atom is 0.0368 e. The van der Waals surface area contributed by atoms with Gasteiger partial charge in [-0.3, -0.25) is 0 Å². The Hall–Kier alpha value is -0.980. The Morgan fingerprint density at radius 2 is 2.40 bits per heavy atom. The highest BCUT2D eigenvalue weighted by atomic mass is 15.2. The maximum absolute atomic E-state index is 2.31. The van der Waals surface area contributed by atoms with Crippen molar-refractivity contribution in [2.24, 2.45) is 0 Å². The third-order valence-electron chi connectivity index (χ3n) is 2.07. The SMILES string of the molecule is CC1CC=C2C=CC=CN21. The third-order valence-corrected chi connectivity index (χ3v) is 2.07. The van der Waals surface area contributed by atoms with Crippen LogP contribution in [0.1, 0.15) is 13.3 Å². The van der Waals surface area contributed by atoms with Crippen LogP contribution in [0.3, 0.4) is 0 Å². The van der Waals surface area contributed by atoms with Crippen LogP contribution in [-0.2, 0) is 0 Å². The van der Waals surface area contributed by atoms with Gasteiger partial charge in [0.1, 0.15) is 0 Å². The number of fused-ring (bicyclic) bond motifs is 1. The number of nitrogens with zero attached hydrogens (tertiary/aromatic N) is 1. The van der Waals surface area contributed by atoms with Crippen molar-refractivity contribution in [1.29, 1.82) is 0 Å². The second-order valence-corrected chi connectivity index (χ2v) is 2.82. The van der Waals surface area contributed by atoms with E-state index in [1.54, 1.807) is 0 Å². The van der Waals surface area contributed by atoms with E-state index in [-0.39, 0.29) is 0 Å². The molecule has 0 radical (unpaired) electrons. The summed E-state index contributed by atoms with van der Waals surface area (Å²) in [7, 11) is 0. The molecule has 2 aliphatic heterocycles. The fourth-order valence-electron chi connectivity index (χ4n) is 1.45. The Kier molecular flexibility index (Phi) is 1.16. The largest absolute Gasteiger partial charge is 0.345 e. The van der Waals surface area contributed by atoms with Gasteiger partial charge in [0.2, 0.25) is 0 Å². The Balaban J connectivity index is 2.30. The van der Waals surface area contributed by atoms with Gasteiger partial charge in [-0.2, -0.15) is 0 Å². The van der Waals surface area contributed by atoms with Gasteiger partial charge in [0.25, 0.3) is 0 Å². The monoisotopic (exact) mass is 133 g/mol. The smallest absolute Gasteiger partial charge is 0.0368 e. The Morgan fingerprint density at radius 3 is 3.20 bits per heavy atom. The van der Waals surface area contributed by atoms with Gasteiger partial charge < -0.3 is 4.90 Å². The van der Waals surface area contributed by atoms with Crippen LogP contribution in [0.5, 0.6) is 0 Å². The zero-order valence-electron chi connectivity index (χ0n) is 6.12. The lowest BCUT2D eigenvalue weighted by molar-refractivity contribution is 0.403. The van der Waals surface area contributed by atoms with Gasteiger partial charge in [-0.05, 0) is 25.5 Å². The normalized spacial score (nSPS) is 28.7. The molecule has 0 aromatic rings. The van der Waals surface area contributed by atoms with Crippen LogP contribution in [0.25, 0.3) is 0 Å². The topological polar surface area (TPSA) is 3.24 Å². The predicted octanol–water partition coefficient (Wildman–Crippen LogP) is 2.05. The highest BCUT2D eigenvalue weighted by Gasteiger charge is 2.18. The second-order valence-electron chi connectivity index (χ2n) is 2.82. The van der Waals surface area contributed by atoms with E-state index in [0.717, 1.165) is 0 Å².